The second-order valence-corrected chi connectivity index (χ2v) is 7.42. The number of nitrogens with zero attached hydrogens (tertiary/aromatic N) is 1. The van der Waals surface area contributed by atoms with Gasteiger partial charge in [-0.3, -0.25) is 4.79 Å². The van der Waals surface area contributed by atoms with Crippen molar-refractivity contribution in [2.45, 2.75) is 50.8 Å². The zero-order chi connectivity index (χ0) is 14.9. The summed E-state index contributed by atoms with van der Waals surface area (Å²) in [5, 5.41) is 5.05. The summed E-state index contributed by atoms with van der Waals surface area (Å²) in [5.41, 5.74) is -0.00120. The molecule has 1 aromatic rings. The van der Waals surface area contributed by atoms with Gasteiger partial charge in [0, 0.05) is 19.1 Å². The van der Waals surface area contributed by atoms with Crippen LogP contribution in [0, 0.1) is 0 Å². The Morgan fingerprint density at radius 1 is 1.48 bits per heavy atom. The highest BCUT2D eigenvalue weighted by Gasteiger charge is 2.43. The van der Waals surface area contributed by atoms with Crippen LogP contribution >= 0.6 is 11.3 Å². The Bertz CT molecular complexity index is 478. The first-order chi connectivity index (χ1) is 10.1. The van der Waals surface area contributed by atoms with E-state index in [0.717, 1.165) is 37.2 Å². The lowest BCUT2D eigenvalue weighted by Gasteiger charge is -2.40. The number of ether oxygens (including phenoxy) is 1. The van der Waals surface area contributed by atoms with Crippen molar-refractivity contribution in [3.63, 3.8) is 0 Å². The molecule has 3 heterocycles. The summed E-state index contributed by atoms with van der Waals surface area (Å²) in [7, 11) is 0. The predicted molar refractivity (Wildman–Crippen MR) is 84.8 cm³/mol. The summed E-state index contributed by atoms with van der Waals surface area (Å²) in [4.78, 5) is 15.4. The number of carbonyl (C=O) groups is 1. The molecule has 21 heavy (non-hydrogen) atoms. The zero-order valence-electron chi connectivity index (χ0n) is 12.8. The summed E-state index contributed by atoms with van der Waals surface area (Å²) in [5.74, 6) is 0.0373. The van der Waals surface area contributed by atoms with Crippen LogP contribution in [0.1, 0.15) is 42.8 Å². The van der Waals surface area contributed by atoms with Crippen molar-refractivity contribution in [2.24, 2.45) is 0 Å². The Morgan fingerprint density at radius 2 is 2.24 bits per heavy atom. The fourth-order valence-corrected chi connectivity index (χ4v) is 4.02. The molecule has 0 saturated carbocycles. The van der Waals surface area contributed by atoms with Crippen molar-refractivity contribution in [1.82, 2.24) is 10.2 Å². The van der Waals surface area contributed by atoms with Gasteiger partial charge in [0.1, 0.15) is 0 Å². The monoisotopic (exact) mass is 308 g/mol. The van der Waals surface area contributed by atoms with Gasteiger partial charge in [-0.2, -0.15) is 0 Å². The van der Waals surface area contributed by atoms with Crippen LogP contribution in [0.5, 0.6) is 0 Å². The highest BCUT2D eigenvalue weighted by atomic mass is 32.1. The van der Waals surface area contributed by atoms with Crippen LogP contribution in [-0.4, -0.2) is 48.2 Å². The Kier molecular flexibility index (Phi) is 4.33. The SMILES string of the molecule is CC(C)N1CCC2(CC1)C[C@@H](NC(=O)c1cccs1)CO2. The van der Waals surface area contributed by atoms with Crippen LogP contribution in [0.25, 0.3) is 0 Å². The third kappa shape index (κ3) is 3.30. The van der Waals surface area contributed by atoms with Gasteiger partial charge in [0.25, 0.3) is 5.91 Å². The maximum absolute atomic E-state index is 12.1. The van der Waals surface area contributed by atoms with E-state index < -0.39 is 0 Å². The highest BCUT2D eigenvalue weighted by Crippen LogP contribution is 2.36. The molecule has 0 bridgehead atoms. The number of carbonyl (C=O) groups excluding carboxylic acids is 1. The first kappa shape index (κ1) is 15.0. The molecule has 2 aliphatic rings. The lowest BCUT2D eigenvalue weighted by atomic mass is 9.87. The Hall–Kier alpha value is -0.910. The molecule has 0 aliphatic carbocycles. The van der Waals surface area contributed by atoms with Gasteiger partial charge >= 0.3 is 0 Å². The number of amides is 1. The number of nitrogens with one attached hydrogen (secondary N) is 1. The predicted octanol–water partition coefficient (Wildman–Crippen LogP) is 2.51. The number of hydrogen-bond donors (Lipinski definition) is 1. The minimum Gasteiger partial charge on any atom is -0.373 e. The fourth-order valence-electron chi connectivity index (χ4n) is 3.40. The molecule has 4 nitrogen and oxygen atoms in total. The maximum Gasteiger partial charge on any atom is 0.261 e. The molecule has 0 unspecified atom stereocenters. The maximum atomic E-state index is 12.1. The second-order valence-electron chi connectivity index (χ2n) is 6.48. The van der Waals surface area contributed by atoms with Crippen molar-refractivity contribution in [2.75, 3.05) is 19.7 Å². The lowest BCUT2D eigenvalue weighted by molar-refractivity contribution is -0.0484. The van der Waals surface area contributed by atoms with Crippen molar-refractivity contribution in [1.29, 1.82) is 0 Å². The second kappa shape index (κ2) is 6.07. The van der Waals surface area contributed by atoms with Crippen molar-refractivity contribution < 1.29 is 9.53 Å². The molecule has 1 aromatic heterocycles. The molecule has 116 valence electrons. The third-order valence-electron chi connectivity index (χ3n) is 4.73. The molecule has 1 spiro atoms. The smallest absolute Gasteiger partial charge is 0.261 e. The van der Waals surface area contributed by atoms with Crippen LogP contribution in [0.2, 0.25) is 0 Å². The molecule has 1 atom stereocenters. The van der Waals surface area contributed by atoms with Gasteiger partial charge in [-0.05, 0) is 44.6 Å². The first-order valence-corrected chi connectivity index (χ1v) is 8.68. The Balaban J connectivity index is 1.53. The van der Waals surface area contributed by atoms with Gasteiger partial charge in [0.15, 0.2) is 0 Å². The van der Waals surface area contributed by atoms with E-state index in [1.165, 1.54) is 11.3 Å². The van der Waals surface area contributed by atoms with Gasteiger partial charge in [-0.1, -0.05) is 6.07 Å². The van der Waals surface area contributed by atoms with Crippen LogP contribution in [0.4, 0.5) is 0 Å². The molecular formula is C16H24N2O2S. The number of rotatable bonds is 3. The number of hydrogen-bond acceptors (Lipinski definition) is 4. The summed E-state index contributed by atoms with van der Waals surface area (Å²) >= 11 is 1.49. The quantitative estimate of drug-likeness (QED) is 0.933. The molecule has 1 amide bonds. The minimum atomic E-state index is -0.00120. The van der Waals surface area contributed by atoms with Gasteiger partial charge < -0.3 is 15.0 Å². The Morgan fingerprint density at radius 3 is 2.86 bits per heavy atom. The summed E-state index contributed by atoms with van der Waals surface area (Å²) in [6.45, 7) is 7.35. The van der Waals surface area contributed by atoms with E-state index in [4.69, 9.17) is 4.74 Å². The summed E-state index contributed by atoms with van der Waals surface area (Å²) < 4.78 is 6.10. The standard InChI is InChI=1S/C16H24N2O2S/c1-12(2)18-7-5-16(6-8-18)10-13(11-20-16)17-15(19)14-4-3-9-21-14/h3-4,9,12-13H,5-8,10-11H2,1-2H3,(H,17,19)/t13-/m1/s1. The third-order valence-corrected chi connectivity index (χ3v) is 5.60. The molecule has 2 aliphatic heterocycles. The van der Waals surface area contributed by atoms with Gasteiger partial charge in [-0.25, -0.2) is 0 Å². The minimum absolute atomic E-state index is 0.00120. The number of likely N-dealkylation sites (tertiary alicyclic amines) is 1. The van der Waals surface area contributed by atoms with E-state index in [1.807, 2.05) is 17.5 Å². The van der Waals surface area contributed by atoms with E-state index in [0.29, 0.717) is 12.6 Å². The van der Waals surface area contributed by atoms with Crippen molar-refractivity contribution in [3.05, 3.63) is 22.4 Å². The van der Waals surface area contributed by atoms with Gasteiger partial charge in [-0.15, -0.1) is 11.3 Å². The van der Waals surface area contributed by atoms with E-state index in [-0.39, 0.29) is 17.6 Å². The average Bonchev–Trinajstić information content (AvgIpc) is 3.10. The van der Waals surface area contributed by atoms with Crippen LogP contribution in [0.3, 0.4) is 0 Å². The molecule has 1 N–H and O–H groups in total. The zero-order valence-corrected chi connectivity index (χ0v) is 13.6. The molecular weight excluding hydrogens is 284 g/mol. The van der Waals surface area contributed by atoms with Crippen LogP contribution in [-0.2, 0) is 4.74 Å². The summed E-state index contributed by atoms with van der Waals surface area (Å²) in [6, 6.07) is 4.55. The fraction of sp³-hybridized carbons (Fsp3) is 0.688. The molecule has 2 saturated heterocycles. The topological polar surface area (TPSA) is 41.6 Å². The lowest BCUT2D eigenvalue weighted by Crippen LogP contribution is -2.47. The molecule has 0 aromatic carbocycles. The van der Waals surface area contributed by atoms with Crippen LogP contribution in [0.15, 0.2) is 17.5 Å². The summed E-state index contributed by atoms with van der Waals surface area (Å²) in [6.07, 6.45) is 3.11. The molecule has 2 fully saturated rings. The first-order valence-electron chi connectivity index (χ1n) is 7.80. The van der Waals surface area contributed by atoms with E-state index in [9.17, 15) is 4.79 Å². The number of piperidine rings is 1. The van der Waals surface area contributed by atoms with Crippen molar-refractivity contribution in [3.8, 4) is 0 Å². The largest absolute Gasteiger partial charge is 0.373 e. The average molecular weight is 308 g/mol. The molecule has 5 heteroatoms. The van der Waals surface area contributed by atoms with Gasteiger partial charge in [0.05, 0.1) is 23.1 Å². The van der Waals surface area contributed by atoms with Crippen molar-refractivity contribution >= 4 is 17.2 Å². The van der Waals surface area contributed by atoms with Gasteiger partial charge in [0.2, 0.25) is 0 Å². The molecule has 0 radical (unpaired) electrons. The van der Waals surface area contributed by atoms with E-state index >= 15 is 0 Å². The number of thiophene rings is 1. The van der Waals surface area contributed by atoms with Crippen LogP contribution < -0.4 is 5.32 Å². The Labute approximate surface area is 130 Å². The van der Waals surface area contributed by atoms with E-state index in [1.54, 1.807) is 0 Å². The van der Waals surface area contributed by atoms with E-state index in [2.05, 4.69) is 24.1 Å². The normalized spacial score (nSPS) is 25.6. The highest BCUT2D eigenvalue weighted by molar-refractivity contribution is 7.12. The molecule has 3 rings (SSSR count).